The van der Waals surface area contributed by atoms with Gasteiger partial charge in [0.1, 0.15) is 0 Å². The highest BCUT2D eigenvalue weighted by Gasteiger charge is 2.29. The fourth-order valence-electron chi connectivity index (χ4n) is 3.22. The molecule has 0 bridgehead atoms. The summed E-state index contributed by atoms with van der Waals surface area (Å²) in [4.78, 5) is -0.0421. The lowest BCUT2D eigenvalue weighted by Crippen LogP contribution is -2.26. The van der Waals surface area contributed by atoms with E-state index < -0.39 is 50.1 Å². The quantitative estimate of drug-likeness (QED) is 0.236. The molecule has 0 radical (unpaired) electrons. The van der Waals surface area contributed by atoms with Gasteiger partial charge in [-0.15, -0.1) is 0 Å². The highest BCUT2D eigenvalue weighted by Crippen LogP contribution is 2.62. The molecule has 0 aliphatic carbocycles. The maximum absolute atomic E-state index is 12.0. The lowest BCUT2D eigenvalue weighted by atomic mass is 10.4. The minimum atomic E-state index is -4.30. The molecule has 1 N–H and O–H groups in total. The summed E-state index contributed by atoms with van der Waals surface area (Å²) in [7, 11) is -5.68. The third-order valence-electron chi connectivity index (χ3n) is 3.97. The van der Waals surface area contributed by atoms with Gasteiger partial charge >= 0.3 is 0 Å². The largest absolute Gasteiger partial charge is 0.294 e. The monoisotopic (exact) mass is 646 g/mol. The second kappa shape index (κ2) is 12.0. The standard InChI is InChI=1S/C18H36O3P6S5/c1-24(2,28)12-22(13-25(3,4)29)17-10-9-16(32(19,20)21)11-18(17)23(14-26(5,6)30)15-27(7,8)31/h9-11H,12-15H2,1-8H3,(H,19,20,21). The van der Waals surface area contributed by atoms with Gasteiger partial charge in [0, 0.05) is 23.6 Å². The van der Waals surface area contributed by atoms with E-state index in [-0.39, 0.29) is 4.90 Å². The van der Waals surface area contributed by atoms with Crippen molar-refractivity contribution in [2.75, 3.05) is 76.9 Å². The molecule has 0 atom stereocenters. The van der Waals surface area contributed by atoms with Crippen molar-refractivity contribution in [2.45, 2.75) is 4.90 Å². The van der Waals surface area contributed by atoms with Crippen molar-refractivity contribution in [3.05, 3.63) is 18.2 Å². The first-order chi connectivity index (χ1) is 14.0. The topological polar surface area (TPSA) is 54.4 Å². The second-order valence-corrected chi connectivity index (χ2v) is 43.6. The molecule has 0 fully saturated rings. The summed E-state index contributed by atoms with van der Waals surface area (Å²) in [6.45, 7) is 17.3. The minimum Gasteiger partial charge on any atom is -0.282 e. The van der Waals surface area contributed by atoms with E-state index in [2.05, 4.69) is 53.3 Å². The predicted molar refractivity (Wildman–Crippen MR) is 173 cm³/mol. The van der Waals surface area contributed by atoms with Crippen LogP contribution >= 0.6 is 40.0 Å². The lowest BCUT2D eigenvalue weighted by Gasteiger charge is -2.32. The molecule has 0 unspecified atom stereocenters. The van der Waals surface area contributed by atoms with Crippen LogP contribution in [0.1, 0.15) is 0 Å². The summed E-state index contributed by atoms with van der Waals surface area (Å²) in [5.74, 6) is 3.69. The van der Waals surface area contributed by atoms with Gasteiger partial charge in [-0.05, 0) is 100 Å². The van der Waals surface area contributed by atoms with E-state index in [4.69, 9.17) is 47.2 Å². The molecule has 3 nitrogen and oxygen atoms in total. The summed E-state index contributed by atoms with van der Waals surface area (Å²) in [5.41, 5.74) is 0. The Morgan fingerprint density at radius 3 is 1.28 bits per heavy atom. The molecule has 186 valence electrons. The molecule has 0 aliphatic rings. The number of benzene rings is 1. The van der Waals surface area contributed by atoms with Crippen molar-refractivity contribution in [3.8, 4) is 0 Å². The van der Waals surface area contributed by atoms with Crippen LogP contribution in [0.25, 0.3) is 0 Å². The van der Waals surface area contributed by atoms with Crippen LogP contribution < -0.4 is 10.6 Å². The zero-order valence-corrected chi connectivity index (χ0v) is 29.5. The number of hydrogen-bond donors (Lipinski definition) is 1. The highest BCUT2D eigenvalue weighted by atomic mass is 32.5. The molecule has 0 saturated carbocycles. The van der Waals surface area contributed by atoms with Crippen LogP contribution in [-0.4, -0.2) is 89.9 Å². The van der Waals surface area contributed by atoms with Crippen molar-refractivity contribution >= 4 is 108 Å². The fraction of sp³-hybridized carbons (Fsp3) is 0.667. The molecule has 1 rings (SSSR count). The van der Waals surface area contributed by atoms with Crippen molar-refractivity contribution in [1.29, 1.82) is 0 Å². The Labute approximate surface area is 219 Å². The molecule has 14 heteroatoms. The van der Waals surface area contributed by atoms with Crippen molar-refractivity contribution < 1.29 is 13.0 Å². The van der Waals surface area contributed by atoms with Crippen LogP contribution in [0.4, 0.5) is 0 Å². The molecule has 1 aromatic carbocycles. The van der Waals surface area contributed by atoms with Gasteiger partial charge in [0.05, 0.1) is 4.90 Å². The van der Waals surface area contributed by atoms with Gasteiger partial charge in [-0.1, -0.05) is 69.1 Å². The Balaban J connectivity index is 3.89. The molecule has 0 aromatic heterocycles. The smallest absolute Gasteiger partial charge is 0.282 e. The van der Waals surface area contributed by atoms with Gasteiger partial charge in [0.15, 0.2) is 0 Å². The Hall–Kier alpha value is 2.59. The van der Waals surface area contributed by atoms with Crippen LogP contribution in [0.3, 0.4) is 0 Å². The van der Waals surface area contributed by atoms with E-state index in [0.717, 1.165) is 28.9 Å². The molecular weight excluding hydrogens is 610 g/mol. The van der Waals surface area contributed by atoms with E-state index in [0.29, 0.717) is 0 Å². The summed E-state index contributed by atoms with van der Waals surface area (Å²) < 4.78 is 33.9. The van der Waals surface area contributed by atoms with Crippen LogP contribution in [0.5, 0.6) is 0 Å². The van der Waals surface area contributed by atoms with Crippen molar-refractivity contribution in [3.63, 3.8) is 0 Å². The maximum atomic E-state index is 12.0. The average molecular weight is 647 g/mol. The zero-order valence-electron chi connectivity index (χ0n) is 20.0. The number of hydrogen-bond acceptors (Lipinski definition) is 6. The molecule has 0 heterocycles. The average Bonchev–Trinajstić information content (AvgIpc) is 2.46. The van der Waals surface area contributed by atoms with Gasteiger partial charge in [-0.3, -0.25) is 4.55 Å². The molecule has 0 spiro atoms. The Morgan fingerprint density at radius 1 is 0.688 bits per heavy atom. The van der Waals surface area contributed by atoms with E-state index >= 15 is 0 Å². The summed E-state index contributed by atoms with van der Waals surface area (Å²) in [6.07, 6.45) is 0. The zero-order chi connectivity index (χ0) is 25.3. The first-order valence-corrected chi connectivity index (χ1v) is 30.1. The SMILES string of the molecule is CP(C)(=S)CP(CP(C)(C)=S)c1ccc(S(=O)(=O)O)cc1P(CP(C)(C)=S)CP(C)(C)=S. The van der Waals surface area contributed by atoms with Gasteiger partial charge < -0.3 is 0 Å². The van der Waals surface area contributed by atoms with E-state index in [1.165, 1.54) is 5.30 Å². The van der Waals surface area contributed by atoms with Gasteiger partial charge in [0.2, 0.25) is 0 Å². The van der Waals surface area contributed by atoms with Crippen LogP contribution in [0, 0.1) is 0 Å². The first-order valence-electron chi connectivity index (χ1n) is 9.74. The van der Waals surface area contributed by atoms with Gasteiger partial charge in [-0.2, -0.15) is 8.42 Å². The Kier molecular flexibility index (Phi) is 12.2. The lowest BCUT2D eigenvalue weighted by molar-refractivity contribution is 0.483. The molecule has 1 aromatic rings. The molecule has 0 saturated heterocycles. The summed E-state index contributed by atoms with van der Waals surface area (Å²) in [5, 5.41) is 2.27. The third-order valence-corrected chi connectivity index (χ3v) is 27.6. The highest BCUT2D eigenvalue weighted by molar-refractivity contribution is 8.21. The van der Waals surface area contributed by atoms with Gasteiger partial charge in [0.25, 0.3) is 10.1 Å². The van der Waals surface area contributed by atoms with Crippen molar-refractivity contribution in [2.24, 2.45) is 0 Å². The minimum absolute atomic E-state index is 0.0421. The van der Waals surface area contributed by atoms with Crippen molar-refractivity contribution in [1.82, 2.24) is 0 Å². The normalized spacial score (nSPS) is 14.3. The second-order valence-electron chi connectivity index (χ2n) is 10.1. The van der Waals surface area contributed by atoms with Gasteiger partial charge in [-0.25, -0.2) is 0 Å². The first kappa shape index (κ1) is 32.6. The molecule has 0 aliphatic heterocycles. The fourth-order valence-corrected chi connectivity index (χ4v) is 29.0. The Bertz CT molecular complexity index is 1080. The van der Waals surface area contributed by atoms with Crippen LogP contribution in [0.2, 0.25) is 0 Å². The summed E-state index contributed by atoms with van der Waals surface area (Å²) in [6, 6.07) is -0.939. The van der Waals surface area contributed by atoms with E-state index in [1.807, 2.05) is 6.07 Å². The molecular formula is C18H36O3P6S5. The molecule has 0 amide bonds. The number of rotatable bonds is 11. The van der Waals surface area contributed by atoms with Crippen LogP contribution in [0.15, 0.2) is 23.1 Å². The Morgan fingerprint density at radius 2 is 1.00 bits per heavy atom. The van der Waals surface area contributed by atoms with E-state index in [1.54, 1.807) is 12.1 Å². The van der Waals surface area contributed by atoms with Crippen LogP contribution in [-0.2, 0) is 57.3 Å². The molecule has 32 heavy (non-hydrogen) atoms. The maximum Gasteiger partial charge on any atom is 0.294 e. The summed E-state index contributed by atoms with van der Waals surface area (Å²) >= 11 is 23.5. The predicted octanol–water partition coefficient (Wildman–Crippen LogP) is 5.93. The third kappa shape index (κ3) is 13.2. The van der Waals surface area contributed by atoms with E-state index in [9.17, 15) is 13.0 Å².